The van der Waals surface area contributed by atoms with Gasteiger partial charge >= 0.3 is 0 Å². The lowest BCUT2D eigenvalue weighted by atomic mass is 10.1. The van der Waals surface area contributed by atoms with Crippen molar-refractivity contribution in [2.75, 3.05) is 11.9 Å². The first-order valence-corrected chi connectivity index (χ1v) is 11.1. The Morgan fingerprint density at radius 3 is 2.30 bits per heavy atom. The lowest BCUT2D eigenvalue weighted by Gasteiger charge is -2.20. The van der Waals surface area contributed by atoms with Crippen molar-refractivity contribution in [1.29, 1.82) is 0 Å². The Morgan fingerprint density at radius 1 is 1.00 bits per heavy atom. The zero-order valence-corrected chi connectivity index (χ0v) is 18.1. The van der Waals surface area contributed by atoms with E-state index in [1.165, 1.54) is 6.33 Å². The summed E-state index contributed by atoms with van der Waals surface area (Å²) < 4.78 is 27.6. The second-order valence-electron chi connectivity index (χ2n) is 8.07. The molecule has 0 fully saturated rings. The molecule has 1 aromatic heterocycles. The number of hydrogen-bond acceptors (Lipinski definition) is 6. The number of nitrogens with one attached hydrogen (secondary N) is 2. The molecule has 0 aliphatic rings. The summed E-state index contributed by atoms with van der Waals surface area (Å²) >= 11 is 0. The summed E-state index contributed by atoms with van der Waals surface area (Å²) in [6.07, 6.45) is 1.47. The van der Waals surface area contributed by atoms with Crippen LogP contribution in [0, 0.1) is 0 Å². The van der Waals surface area contributed by atoms with Crippen LogP contribution in [-0.2, 0) is 10.0 Å². The maximum Gasteiger partial charge on any atom is 0.241 e. The highest BCUT2D eigenvalue weighted by molar-refractivity contribution is 7.89. The molecule has 0 amide bonds. The number of nitrogens with zero attached hydrogens (tertiary/aromatic N) is 2. The average molecular weight is 426 g/mol. The van der Waals surface area contributed by atoms with E-state index in [0.29, 0.717) is 18.1 Å². The summed E-state index contributed by atoms with van der Waals surface area (Å²) in [4.78, 5) is 8.75. The minimum atomic E-state index is -3.58. The summed E-state index contributed by atoms with van der Waals surface area (Å²) in [7, 11) is -3.58. The van der Waals surface area contributed by atoms with Crippen LogP contribution in [0.3, 0.4) is 0 Å². The van der Waals surface area contributed by atoms with Crippen LogP contribution < -0.4 is 15.8 Å². The number of hydrogen-bond donors (Lipinski definition) is 3. The highest BCUT2D eigenvalue weighted by Crippen LogP contribution is 2.22. The Kier molecular flexibility index (Phi) is 6.50. The molecule has 0 saturated heterocycles. The van der Waals surface area contributed by atoms with Crippen LogP contribution in [0.4, 0.5) is 5.82 Å². The van der Waals surface area contributed by atoms with Gasteiger partial charge in [0.1, 0.15) is 12.1 Å². The van der Waals surface area contributed by atoms with Gasteiger partial charge in [-0.2, -0.15) is 0 Å². The zero-order chi connectivity index (χ0) is 21.8. The van der Waals surface area contributed by atoms with Crippen molar-refractivity contribution >= 4 is 15.8 Å². The molecule has 0 spiro atoms. The van der Waals surface area contributed by atoms with Gasteiger partial charge in [0.25, 0.3) is 0 Å². The molecular weight excluding hydrogens is 398 g/mol. The van der Waals surface area contributed by atoms with Gasteiger partial charge in [-0.1, -0.05) is 42.5 Å². The maximum absolute atomic E-state index is 12.5. The molecular formula is C22H27N5O2S. The van der Waals surface area contributed by atoms with Gasteiger partial charge < -0.3 is 11.1 Å². The molecule has 0 bridgehead atoms. The molecule has 1 atom stereocenters. The number of rotatable bonds is 7. The second-order valence-corrected chi connectivity index (χ2v) is 9.75. The fourth-order valence-corrected chi connectivity index (χ4v) is 4.33. The Hall–Kier alpha value is -2.81. The first-order valence-electron chi connectivity index (χ1n) is 9.65. The van der Waals surface area contributed by atoms with Crippen LogP contribution in [0.25, 0.3) is 11.3 Å². The molecule has 0 aliphatic heterocycles. The van der Waals surface area contributed by atoms with E-state index in [0.717, 1.165) is 11.1 Å². The van der Waals surface area contributed by atoms with Crippen molar-refractivity contribution in [3.05, 3.63) is 72.6 Å². The molecule has 0 aliphatic carbocycles. The predicted molar refractivity (Wildman–Crippen MR) is 119 cm³/mol. The molecule has 2 aromatic carbocycles. The van der Waals surface area contributed by atoms with E-state index in [1.54, 1.807) is 45.0 Å². The summed E-state index contributed by atoms with van der Waals surface area (Å²) in [6, 6.07) is 18.1. The third-order valence-electron chi connectivity index (χ3n) is 4.30. The van der Waals surface area contributed by atoms with E-state index in [2.05, 4.69) is 20.0 Å². The first kappa shape index (κ1) is 21.9. The van der Waals surface area contributed by atoms with Crippen molar-refractivity contribution in [1.82, 2.24) is 14.7 Å². The van der Waals surface area contributed by atoms with Crippen LogP contribution in [0.5, 0.6) is 0 Å². The molecule has 3 aromatic rings. The topological polar surface area (TPSA) is 110 Å². The number of anilines is 1. The highest BCUT2D eigenvalue weighted by atomic mass is 32.2. The van der Waals surface area contributed by atoms with Crippen LogP contribution in [0.2, 0.25) is 0 Å². The Labute approximate surface area is 177 Å². The minimum absolute atomic E-state index is 0.163. The van der Waals surface area contributed by atoms with Gasteiger partial charge in [-0.3, -0.25) is 0 Å². The van der Waals surface area contributed by atoms with Crippen molar-refractivity contribution in [3.8, 4) is 11.3 Å². The number of nitrogens with two attached hydrogens (primary N) is 1. The number of benzene rings is 2. The molecule has 4 N–H and O–H groups in total. The van der Waals surface area contributed by atoms with E-state index in [9.17, 15) is 8.42 Å². The van der Waals surface area contributed by atoms with E-state index >= 15 is 0 Å². The largest absolute Gasteiger partial charge is 0.368 e. The van der Waals surface area contributed by atoms with Gasteiger partial charge in [0.05, 0.1) is 10.6 Å². The molecule has 0 radical (unpaired) electrons. The van der Waals surface area contributed by atoms with Crippen molar-refractivity contribution in [2.24, 2.45) is 5.73 Å². The maximum atomic E-state index is 12.5. The standard InChI is InChI=1S/C22H27N5O2S/c1-22(2,3)27-30(28,29)18-11-9-17(10-12-18)20-13-21(26-15-25-20)24-14-19(23)16-7-5-4-6-8-16/h4-13,15,19,27H,14,23H2,1-3H3,(H,24,25,26). The summed E-state index contributed by atoms with van der Waals surface area (Å²) in [5.74, 6) is 0.650. The third kappa shape index (κ3) is 5.85. The summed E-state index contributed by atoms with van der Waals surface area (Å²) in [5.41, 5.74) is 8.20. The zero-order valence-electron chi connectivity index (χ0n) is 17.3. The second kappa shape index (κ2) is 8.91. The van der Waals surface area contributed by atoms with Gasteiger partial charge in [0.15, 0.2) is 0 Å². The van der Waals surface area contributed by atoms with Gasteiger partial charge in [0.2, 0.25) is 10.0 Å². The monoisotopic (exact) mass is 425 g/mol. The Balaban J connectivity index is 1.71. The lowest BCUT2D eigenvalue weighted by molar-refractivity contribution is 0.491. The van der Waals surface area contributed by atoms with Gasteiger partial charge in [-0.05, 0) is 38.5 Å². The number of aromatic nitrogens is 2. The normalized spacial score (nSPS) is 13.1. The van der Waals surface area contributed by atoms with Crippen LogP contribution in [0.1, 0.15) is 32.4 Å². The predicted octanol–water partition coefficient (Wildman–Crippen LogP) is 3.33. The molecule has 1 heterocycles. The van der Waals surface area contributed by atoms with Gasteiger partial charge in [0, 0.05) is 29.8 Å². The molecule has 8 heteroatoms. The van der Waals surface area contributed by atoms with Gasteiger partial charge in [-0.25, -0.2) is 23.1 Å². The minimum Gasteiger partial charge on any atom is -0.368 e. The van der Waals surface area contributed by atoms with Crippen molar-refractivity contribution < 1.29 is 8.42 Å². The van der Waals surface area contributed by atoms with E-state index in [1.807, 2.05) is 36.4 Å². The molecule has 7 nitrogen and oxygen atoms in total. The molecule has 30 heavy (non-hydrogen) atoms. The fourth-order valence-electron chi connectivity index (χ4n) is 2.91. The summed E-state index contributed by atoms with van der Waals surface area (Å²) in [5, 5.41) is 3.23. The Bertz CT molecular complexity index is 1080. The summed E-state index contributed by atoms with van der Waals surface area (Å²) in [6.45, 7) is 5.93. The van der Waals surface area contributed by atoms with Crippen LogP contribution in [0.15, 0.2) is 71.9 Å². The van der Waals surface area contributed by atoms with Gasteiger partial charge in [-0.15, -0.1) is 0 Å². The number of sulfonamides is 1. The quantitative estimate of drug-likeness (QED) is 0.536. The van der Waals surface area contributed by atoms with Crippen molar-refractivity contribution in [3.63, 3.8) is 0 Å². The van der Waals surface area contributed by atoms with E-state index in [4.69, 9.17) is 5.73 Å². The Morgan fingerprint density at radius 2 is 1.67 bits per heavy atom. The molecule has 1 unspecified atom stereocenters. The third-order valence-corrected chi connectivity index (χ3v) is 6.07. The molecule has 3 rings (SSSR count). The smallest absolute Gasteiger partial charge is 0.241 e. The van der Waals surface area contributed by atoms with Crippen molar-refractivity contribution in [2.45, 2.75) is 37.2 Å². The van der Waals surface area contributed by atoms with E-state index < -0.39 is 15.6 Å². The van der Waals surface area contributed by atoms with E-state index in [-0.39, 0.29) is 10.9 Å². The SMILES string of the molecule is CC(C)(C)NS(=O)(=O)c1ccc(-c2cc(NCC(N)c3ccccc3)ncn2)cc1. The fraction of sp³-hybridized carbons (Fsp3) is 0.273. The molecule has 158 valence electrons. The average Bonchev–Trinajstić information content (AvgIpc) is 2.71. The van der Waals surface area contributed by atoms with Crippen LogP contribution in [-0.4, -0.2) is 30.5 Å². The lowest BCUT2D eigenvalue weighted by Crippen LogP contribution is -2.40. The van der Waals surface area contributed by atoms with Crippen LogP contribution >= 0.6 is 0 Å². The highest BCUT2D eigenvalue weighted by Gasteiger charge is 2.21. The molecule has 0 saturated carbocycles. The first-order chi connectivity index (χ1) is 14.1.